The molecule has 0 heterocycles. The van der Waals surface area contributed by atoms with Gasteiger partial charge in [0.15, 0.2) is 0 Å². The van der Waals surface area contributed by atoms with Gasteiger partial charge in [0.1, 0.15) is 11.9 Å². The SMILES string of the molecule is CCOc1ccccc1C(O)c1ccccc1C1CC1. The first-order valence-corrected chi connectivity index (χ1v) is 7.30. The van der Waals surface area contributed by atoms with Crippen LogP contribution < -0.4 is 4.74 Å². The quantitative estimate of drug-likeness (QED) is 0.886. The lowest BCUT2D eigenvalue weighted by Gasteiger charge is -2.18. The van der Waals surface area contributed by atoms with E-state index in [2.05, 4.69) is 12.1 Å². The zero-order chi connectivity index (χ0) is 13.9. The third-order valence-corrected chi connectivity index (χ3v) is 3.82. The highest BCUT2D eigenvalue weighted by Crippen LogP contribution is 2.44. The summed E-state index contributed by atoms with van der Waals surface area (Å²) in [6.45, 7) is 2.56. The van der Waals surface area contributed by atoms with Crippen molar-refractivity contribution < 1.29 is 9.84 Å². The second-order valence-electron chi connectivity index (χ2n) is 5.28. The van der Waals surface area contributed by atoms with E-state index in [9.17, 15) is 5.11 Å². The number of aliphatic hydroxyl groups is 1. The summed E-state index contributed by atoms with van der Waals surface area (Å²) in [6, 6.07) is 16.0. The van der Waals surface area contributed by atoms with E-state index in [4.69, 9.17) is 4.74 Å². The van der Waals surface area contributed by atoms with Gasteiger partial charge in [-0.25, -0.2) is 0 Å². The maximum Gasteiger partial charge on any atom is 0.125 e. The molecule has 0 radical (unpaired) electrons. The topological polar surface area (TPSA) is 29.5 Å². The number of benzene rings is 2. The number of ether oxygens (including phenoxy) is 1. The summed E-state index contributed by atoms with van der Waals surface area (Å²) in [5.41, 5.74) is 3.15. The molecule has 1 fully saturated rings. The van der Waals surface area contributed by atoms with Gasteiger partial charge in [-0.15, -0.1) is 0 Å². The van der Waals surface area contributed by atoms with Gasteiger partial charge in [-0.3, -0.25) is 0 Å². The van der Waals surface area contributed by atoms with Gasteiger partial charge in [0.25, 0.3) is 0 Å². The van der Waals surface area contributed by atoms with Gasteiger partial charge in [-0.05, 0) is 42.9 Å². The van der Waals surface area contributed by atoms with Crippen LogP contribution in [0.15, 0.2) is 48.5 Å². The number of para-hydroxylation sites is 1. The fraction of sp³-hybridized carbons (Fsp3) is 0.333. The predicted molar refractivity (Wildman–Crippen MR) is 80.1 cm³/mol. The Hall–Kier alpha value is -1.80. The number of hydrogen-bond donors (Lipinski definition) is 1. The van der Waals surface area contributed by atoms with E-state index in [1.807, 2.05) is 43.3 Å². The predicted octanol–water partition coefficient (Wildman–Crippen LogP) is 4.04. The Kier molecular flexibility index (Phi) is 3.75. The fourth-order valence-corrected chi connectivity index (χ4v) is 2.69. The molecule has 1 N–H and O–H groups in total. The maximum absolute atomic E-state index is 10.8. The molecule has 0 saturated heterocycles. The third-order valence-electron chi connectivity index (χ3n) is 3.82. The Balaban J connectivity index is 1.98. The van der Waals surface area contributed by atoms with Crippen LogP contribution in [0.2, 0.25) is 0 Å². The highest BCUT2D eigenvalue weighted by atomic mass is 16.5. The molecule has 0 aromatic heterocycles. The molecule has 0 aliphatic heterocycles. The minimum Gasteiger partial charge on any atom is -0.493 e. The smallest absolute Gasteiger partial charge is 0.125 e. The van der Waals surface area contributed by atoms with Gasteiger partial charge in [0.05, 0.1) is 6.61 Å². The second kappa shape index (κ2) is 5.68. The molecule has 2 aromatic carbocycles. The number of rotatable bonds is 5. The van der Waals surface area contributed by atoms with Crippen molar-refractivity contribution in [2.75, 3.05) is 6.61 Å². The minimum atomic E-state index is -0.616. The Morgan fingerprint density at radius 1 is 1.05 bits per heavy atom. The van der Waals surface area contributed by atoms with Crippen LogP contribution in [-0.2, 0) is 0 Å². The van der Waals surface area contributed by atoms with E-state index in [-0.39, 0.29) is 0 Å². The van der Waals surface area contributed by atoms with Crippen LogP contribution in [0.4, 0.5) is 0 Å². The first kappa shape index (κ1) is 13.2. The lowest BCUT2D eigenvalue weighted by atomic mass is 9.94. The van der Waals surface area contributed by atoms with Gasteiger partial charge < -0.3 is 9.84 Å². The van der Waals surface area contributed by atoms with Gasteiger partial charge in [0, 0.05) is 5.56 Å². The van der Waals surface area contributed by atoms with E-state index < -0.39 is 6.10 Å². The van der Waals surface area contributed by atoms with Crippen molar-refractivity contribution in [1.82, 2.24) is 0 Å². The Bertz CT molecular complexity index is 587. The summed E-state index contributed by atoms with van der Waals surface area (Å²) >= 11 is 0. The summed E-state index contributed by atoms with van der Waals surface area (Å²) in [5, 5.41) is 10.8. The van der Waals surface area contributed by atoms with Crippen LogP contribution in [0.3, 0.4) is 0 Å². The van der Waals surface area contributed by atoms with Gasteiger partial charge in [0.2, 0.25) is 0 Å². The summed E-state index contributed by atoms with van der Waals surface area (Å²) < 4.78 is 5.64. The van der Waals surface area contributed by atoms with Crippen molar-refractivity contribution in [3.05, 3.63) is 65.2 Å². The molecule has 2 aromatic rings. The molecule has 1 unspecified atom stereocenters. The molecule has 1 atom stereocenters. The summed E-state index contributed by atoms with van der Waals surface area (Å²) in [5.74, 6) is 1.40. The Labute approximate surface area is 120 Å². The maximum atomic E-state index is 10.8. The van der Waals surface area contributed by atoms with Crippen molar-refractivity contribution in [1.29, 1.82) is 0 Å². The van der Waals surface area contributed by atoms with Crippen molar-refractivity contribution >= 4 is 0 Å². The minimum absolute atomic E-state index is 0.605. The van der Waals surface area contributed by atoms with Gasteiger partial charge in [-0.1, -0.05) is 42.5 Å². The molecule has 1 aliphatic carbocycles. The molecule has 0 bridgehead atoms. The summed E-state index contributed by atoms with van der Waals surface area (Å²) in [6.07, 6.45) is 1.85. The molecule has 3 rings (SSSR count). The van der Waals surface area contributed by atoms with Crippen LogP contribution in [0.1, 0.15) is 48.5 Å². The average Bonchev–Trinajstić information content (AvgIpc) is 3.32. The molecule has 0 amide bonds. The molecule has 2 heteroatoms. The Morgan fingerprint density at radius 2 is 1.70 bits per heavy atom. The summed E-state index contributed by atoms with van der Waals surface area (Å²) in [4.78, 5) is 0. The zero-order valence-electron chi connectivity index (χ0n) is 11.8. The fourth-order valence-electron chi connectivity index (χ4n) is 2.69. The lowest BCUT2D eigenvalue weighted by Crippen LogP contribution is -2.06. The first-order chi connectivity index (χ1) is 9.81. The van der Waals surface area contributed by atoms with E-state index in [1.54, 1.807) is 0 Å². The molecular formula is C18H20O2. The zero-order valence-corrected chi connectivity index (χ0v) is 11.8. The molecule has 104 valence electrons. The highest BCUT2D eigenvalue weighted by Gasteiger charge is 2.28. The van der Waals surface area contributed by atoms with Crippen LogP contribution >= 0.6 is 0 Å². The largest absolute Gasteiger partial charge is 0.493 e. The molecule has 1 saturated carbocycles. The molecular weight excluding hydrogens is 248 g/mol. The van der Waals surface area contributed by atoms with Crippen molar-refractivity contribution in [2.24, 2.45) is 0 Å². The van der Waals surface area contributed by atoms with Crippen LogP contribution in [0.25, 0.3) is 0 Å². The van der Waals surface area contributed by atoms with E-state index in [0.717, 1.165) is 16.9 Å². The number of aliphatic hydroxyl groups excluding tert-OH is 1. The van der Waals surface area contributed by atoms with Crippen molar-refractivity contribution in [2.45, 2.75) is 31.8 Å². The van der Waals surface area contributed by atoms with Crippen LogP contribution in [0.5, 0.6) is 5.75 Å². The van der Waals surface area contributed by atoms with E-state index in [0.29, 0.717) is 12.5 Å². The van der Waals surface area contributed by atoms with Crippen molar-refractivity contribution in [3.63, 3.8) is 0 Å². The van der Waals surface area contributed by atoms with Crippen molar-refractivity contribution in [3.8, 4) is 5.75 Å². The number of hydrogen-bond acceptors (Lipinski definition) is 2. The molecule has 1 aliphatic rings. The van der Waals surface area contributed by atoms with E-state index >= 15 is 0 Å². The lowest BCUT2D eigenvalue weighted by molar-refractivity contribution is 0.211. The highest BCUT2D eigenvalue weighted by molar-refractivity contribution is 5.44. The first-order valence-electron chi connectivity index (χ1n) is 7.30. The average molecular weight is 268 g/mol. The normalized spacial score (nSPS) is 15.9. The van der Waals surface area contributed by atoms with Gasteiger partial charge >= 0.3 is 0 Å². The molecule has 2 nitrogen and oxygen atoms in total. The van der Waals surface area contributed by atoms with Crippen LogP contribution in [-0.4, -0.2) is 11.7 Å². The Morgan fingerprint density at radius 3 is 2.40 bits per heavy atom. The molecule has 20 heavy (non-hydrogen) atoms. The van der Waals surface area contributed by atoms with Gasteiger partial charge in [-0.2, -0.15) is 0 Å². The van der Waals surface area contributed by atoms with Crippen LogP contribution in [0, 0.1) is 0 Å². The standard InChI is InChI=1S/C18H20O2/c1-2-20-17-10-6-5-9-16(17)18(19)15-8-4-3-7-14(15)13-11-12-13/h3-10,13,18-19H,2,11-12H2,1H3. The monoisotopic (exact) mass is 268 g/mol. The summed E-state index contributed by atoms with van der Waals surface area (Å²) in [7, 11) is 0. The third kappa shape index (κ3) is 2.56. The van der Waals surface area contributed by atoms with E-state index in [1.165, 1.54) is 18.4 Å². The molecule has 0 spiro atoms. The second-order valence-corrected chi connectivity index (χ2v) is 5.28.